The van der Waals surface area contributed by atoms with Gasteiger partial charge in [0.2, 0.25) is 0 Å². The van der Waals surface area contributed by atoms with E-state index in [9.17, 15) is 0 Å². The highest BCUT2D eigenvalue weighted by Crippen LogP contribution is 2.38. The number of hydrogen-bond donors (Lipinski definition) is 0. The lowest BCUT2D eigenvalue weighted by Gasteiger charge is -1.99. The highest BCUT2D eigenvalue weighted by Gasteiger charge is 2.11. The Hall–Kier alpha value is -6.20. The standard InChI is InChI=1S/2C14H12O.2C14H12S/c1-9-7-10(2)14-12(8-9)11-5-3-4-6-13(11)15-14;1-9-7-10(2)14-11-5-3-4-6-12(11)15-13(14)8-9;1-9-7-10(2)14-12(8-9)11-5-3-4-6-13(11)15-14;1-9-7-10(2)14-11-5-3-4-6-12(11)15-13(14)8-9/h4*3-8H,1-2H3. The summed E-state index contributed by atoms with van der Waals surface area (Å²) in [6, 6.07) is 51.4. The number of rotatable bonds is 0. The van der Waals surface area contributed by atoms with Gasteiger partial charge in [-0.3, -0.25) is 0 Å². The third-order valence-electron chi connectivity index (χ3n) is 11.3. The number of aryl methyl sites for hydroxylation is 8. The van der Waals surface area contributed by atoms with Gasteiger partial charge < -0.3 is 8.83 Å². The minimum absolute atomic E-state index is 0.973. The summed E-state index contributed by atoms with van der Waals surface area (Å²) in [7, 11) is 0. The molecule has 4 heterocycles. The Labute approximate surface area is 359 Å². The van der Waals surface area contributed by atoms with Gasteiger partial charge in [-0.15, -0.1) is 22.7 Å². The van der Waals surface area contributed by atoms with Crippen LogP contribution in [0.15, 0.2) is 154 Å². The summed E-state index contributed by atoms with van der Waals surface area (Å²) in [6.45, 7) is 17.2. The predicted molar refractivity (Wildman–Crippen MR) is 264 cm³/mol. The number of para-hydroxylation sites is 2. The second-order valence-electron chi connectivity index (χ2n) is 16.2. The van der Waals surface area contributed by atoms with Crippen LogP contribution in [0.1, 0.15) is 44.5 Å². The minimum Gasteiger partial charge on any atom is -0.456 e. The van der Waals surface area contributed by atoms with E-state index in [1.54, 1.807) is 0 Å². The molecule has 0 aliphatic rings. The van der Waals surface area contributed by atoms with E-state index in [0.717, 1.165) is 22.3 Å². The van der Waals surface area contributed by atoms with E-state index in [-0.39, 0.29) is 0 Å². The van der Waals surface area contributed by atoms with Crippen LogP contribution < -0.4 is 0 Å². The summed E-state index contributed by atoms with van der Waals surface area (Å²) in [5, 5.41) is 10.5. The zero-order valence-corrected chi connectivity index (χ0v) is 37.1. The molecule has 60 heavy (non-hydrogen) atoms. The lowest BCUT2D eigenvalue weighted by molar-refractivity contribution is 0.665. The maximum absolute atomic E-state index is 5.84. The third kappa shape index (κ3) is 7.47. The molecule has 0 aliphatic heterocycles. The Balaban J connectivity index is 0.000000103. The lowest BCUT2D eigenvalue weighted by atomic mass is 10.1. The van der Waals surface area contributed by atoms with Crippen LogP contribution in [0.4, 0.5) is 0 Å². The molecule has 0 amide bonds. The van der Waals surface area contributed by atoms with E-state index in [1.807, 2.05) is 46.9 Å². The summed E-state index contributed by atoms with van der Waals surface area (Å²) in [4.78, 5) is 0. The van der Waals surface area contributed by atoms with Crippen LogP contribution in [-0.2, 0) is 0 Å². The van der Waals surface area contributed by atoms with Crippen LogP contribution >= 0.6 is 22.7 Å². The molecule has 12 rings (SSSR count). The van der Waals surface area contributed by atoms with Crippen molar-refractivity contribution in [1.82, 2.24) is 0 Å². The molecular formula is C56H48O2S2. The summed E-state index contributed by atoms with van der Waals surface area (Å²) in [5.41, 5.74) is 14.5. The van der Waals surface area contributed by atoms with E-state index in [4.69, 9.17) is 8.83 Å². The first-order chi connectivity index (χ1) is 29.0. The number of furan rings is 2. The molecule has 12 aromatic rings. The van der Waals surface area contributed by atoms with Gasteiger partial charge in [0.05, 0.1) is 0 Å². The monoisotopic (exact) mass is 816 g/mol. The molecule has 4 aromatic heterocycles. The van der Waals surface area contributed by atoms with Crippen molar-refractivity contribution < 1.29 is 8.83 Å². The number of fused-ring (bicyclic) bond motifs is 12. The fraction of sp³-hybridized carbons (Fsp3) is 0.143. The number of benzene rings is 8. The van der Waals surface area contributed by atoms with E-state index in [1.165, 1.54) is 106 Å². The first kappa shape index (κ1) is 39.3. The van der Waals surface area contributed by atoms with Crippen LogP contribution in [0.5, 0.6) is 0 Å². The van der Waals surface area contributed by atoms with Crippen LogP contribution in [-0.4, -0.2) is 0 Å². The van der Waals surface area contributed by atoms with E-state index in [0.29, 0.717) is 0 Å². The highest BCUT2D eigenvalue weighted by molar-refractivity contribution is 7.26. The Bertz CT molecular complexity index is 3290. The van der Waals surface area contributed by atoms with Gasteiger partial charge in [0.1, 0.15) is 22.3 Å². The van der Waals surface area contributed by atoms with Crippen LogP contribution in [0, 0.1) is 55.4 Å². The molecule has 0 saturated carbocycles. The molecule has 296 valence electrons. The summed E-state index contributed by atoms with van der Waals surface area (Å²) >= 11 is 3.79. The molecule has 0 saturated heterocycles. The zero-order chi connectivity index (χ0) is 41.7. The van der Waals surface area contributed by atoms with Gasteiger partial charge in [0, 0.05) is 61.9 Å². The second-order valence-corrected chi connectivity index (χ2v) is 18.4. The Morgan fingerprint density at radius 1 is 0.317 bits per heavy atom. The number of thiophene rings is 2. The summed E-state index contributed by atoms with van der Waals surface area (Å²) in [6.07, 6.45) is 0. The van der Waals surface area contributed by atoms with Crippen molar-refractivity contribution in [3.8, 4) is 0 Å². The molecule has 0 aliphatic carbocycles. The minimum atomic E-state index is 0.973. The SMILES string of the molecule is Cc1cc(C)c2c(c1)oc1ccccc12.Cc1cc(C)c2c(c1)sc1ccccc12.Cc1cc(C)c2oc3ccccc3c2c1.Cc1cc(C)c2sc3ccccc3c2c1. The number of hydrogen-bond acceptors (Lipinski definition) is 4. The van der Waals surface area contributed by atoms with Crippen molar-refractivity contribution >= 4 is 107 Å². The normalized spacial score (nSPS) is 11.3. The molecule has 0 spiro atoms. The van der Waals surface area contributed by atoms with E-state index >= 15 is 0 Å². The quantitative estimate of drug-likeness (QED) is 0.152. The topological polar surface area (TPSA) is 26.3 Å². The molecule has 8 aromatic carbocycles. The van der Waals surface area contributed by atoms with Gasteiger partial charge in [0.15, 0.2) is 0 Å². The largest absolute Gasteiger partial charge is 0.456 e. The fourth-order valence-corrected chi connectivity index (χ4v) is 11.3. The fourth-order valence-electron chi connectivity index (χ4n) is 8.83. The smallest absolute Gasteiger partial charge is 0.138 e. The maximum atomic E-state index is 5.84. The average Bonchev–Trinajstić information content (AvgIpc) is 3.99. The Morgan fingerprint density at radius 2 is 0.817 bits per heavy atom. The van der Waals surface area contributed by atoms with Crippen molar-refractivity contribution in [3.05, 3.63) is 190 Å². The van der Waals surface area contributed by atoms with Crippen LogP contribution in [0.25, 0.3) is 84.2 Å². The molecule has 0 unspecified atom stereocenters. The summed E-state index contributed by atoms with van der Waals surface area (Å²) < 4.78 is 17.3. The Morgan fingerprint density at radius 3 is 1.53 bits per heavy atom. The molecular weight excluding hydrogens is 769 g/mol. The summed E-state index contributed by atoms with van der Waals surface area (Å²) in [5.74, 6) is 0. The molecule has 0 fully saturated rings. The van der Waals surface area contributed by atoms with Gasteiger partial charge >= 0.3 is 0 Å². The van der Waals surface area contributed by atoms with Crippen molar-refractivity contribution in [1.29, 1.82) is 0 Å². The molecule has 4 heteroatoms. The van der Waals surface area contributed by atoms with Crippen molar-refractivity contribution in [2.24, 2.45) is 0 Å². The van der Waals surface area contributed by atoms with Crippen molar-refractivity contribution in [3.63, 3.8) is 0 Å². The molecule has 0 N–H and O–H groups in total. The van der Waals surface area contributed by atoms with Gasteiger partial charge in [-0.05, 0) is 143 Å². The molecule has 2 nitrogen and oxygen atoms in total. The van der Waals surface area contributed by atoms with Crippen LogP contribution in [0.3, 0.4) is 0 Å². The lowest BCUT2D eigenvalue weighted by Crippen LogP contribution is -1.77. The first-order valence-corrected chi connectivity index (χ1v) is 22.2. The van der Waals surface area contributed by atoms with Gasteiger partial charge in [-0.2, -0.15) is 0 Å². The predicted octanol–water partition coefficient (Wildman–Crippen LogP) is 17.7. The molecule has 0 atom stereocenters. The van der Waals surface area contributed by atoms with Gasteiger partial charge in [-0.1, -0.05) is 103 Å². The van der Waals surface area contributed by atoms with Gasteiger partial charge in [0.25, 0.3) is 0 Å². The second kappa shape index (κ2) is 16.1. The highest BCUT2D eigenvalue weighted by atomic mass is 32.1. The van der Waals surface area contributed by atoms with Crippen molar-refractivity contribution in [2.75, 3.05) is 0 Å². The Kier molecular flexibility index (Phi) is 10.5. The zero-order valence-electron chi connectivity index (χ0n) is 35.5. The van der Waals surface area contributed by atoms with Gasteiger partial charge in [-0.25, -0.2) is 0 Å². The van der Waals surface area contributed by atoms with Crippen molar-refractivity contribution in [2.45, 2.75) is 55.4 Å². The molecule has 0 bridgehead atoms. The van der Waals surface area contributed by atoms with Crippen LogP contribution in [0.2, 0.25) is 0 Å². The average molecular weight is 817 g/mol. The van der Waals surface area contributed by atoms with E-state index < -0.39 is 0 Å². The first-order valence-electron chi connectivity index (χ1n) is 20.6. The maximum Gasteiger partial charge on any atom is 0.138 e. The third-order valence-corrected chi connectivity index (χ3v) is 13.7. The molecule has 0 radical (unpaired) electrons. The van der Waals surface area contributed by atoms with E-state index in [2.05, 4.69) is 177 Å².